The van der Waals surface area contributed by atoms with Gasteiger partial charge in [0.05, 0.1) is 4.99 Å². The van der Waals surface area contributed by atoms with Crippen molar-refractivity contribution >= 4 is 23.2 Å². The molecule has 2 N–H and O–H groups in total. The summed E-state index contributed by atoms with van der Waals surface area (Å²) in [6, 6.07) is 0.109. The van der Waals surface area contributed by atoms with Crippen molar-refractivity contribution in [2.24, 2.45) is 5.73 Å². The highest BCUT2D eigenvalue weighted by atomic mass is 32.1. The zero-order valence-corrected chi connectivity index (χ0v) is 10.8. The van der Waals surface area contributed by atoms with E-state index in [-0.39, 0.29) is 6.03 Å². The molecule has 16 heavy (non-hydrogen) atoms. The molecule has 0 spiro atoms. The molecule has 2 amide bonds. The number of piperazine rings is 1. The number of rotatable bonds is 3. The van der Waals surface area contributed by atoms with Crippen LogP contribution in [0.3, 0.4) is 0 Å². The molecular weight excluding hydrogens is 224 g/mol. The van der Waals surface area contributed by atoms with Crippen molar-refractivity contribution in [3.05, 3.63) is 0 Å². The highest BCUT2D eigenvalue weighted by Gasteiger charge is 2.22. The summed E-state index contributed by atoms with van der Waals surface area (Å²) < 4.78 is 0. The average Bonchev–Trinajstić information content (AvgIpc) is 2.27. The van der Waals surface area contributed by atoms with Crippen molar-refractivity contribution in [1.82, 2.24) is 14.7 Å². The molecule has 0 aliphatic carbocycles. The molecule has 92 valence electrons. The maximum atomic E-state index is 11.8. The van der Waals surface area contributed by atoms with Crippen molar-refractivity contribution < 1.29 is 4.79 Å². The average molecular weight is 244 g/mol. The van der Waals surface area contributed by atoms with E-state index in [0.29, 0.717) is 11.5 Å². The Kier molecular flexibility index (Phi) is 4.95. The number of carbonyl (C=O) groups excluding carboxylic acids is 1. The van der Waals surface area contributed by atoms with E-state index >= 15 is 0 Å². The molecule has 0 atom stereocenters. The smallest absolute Gasteiger partial charge is 0.319 e. The largest absolute Gasteiger partial charge is 0.392 e. The van der Waals surface area contributed by atoms with Gasteiger partial charge in [0.15, 0.2) is 0 Å². The Morgan fingerprint density at radius 3 is 2.38 bits per heavy atom. The molecule has 0 aromatic heterocycles. The minimum atomic E-state index is 0.109. The molecule has 5 nitrogen and oxygen atoms in total. The number of carbonyl (C=O) groups is 1. The third-order valence-corrected chi connectivity index (χ3v) is 2.95. The van der Waals surface area contributed by atoms with Gasteiger partial charge in [-0.3, -0.25) is 4.90 Å². The summed E-state index contributed by atoms with van der Waals surface area (Å²) in [5, 5.41) is 0. The number of hydrogen-bond acceptors (Lipinski definition) is 3. The minimum absolute atomic E-state index is 0.109. The molecule has 0 unspecified atom stereocenters. The molecule has 1 saturated heterocycles. The van der Waals surface area contributed by atoms with Gasteiger partial charge in [-0.1, -0.05) is 12.2 Å². The lowest BCUT2D eigenvalue weighted by Crippen LogP contribution is -2.53. The normalized spacial score (nSPS) is 17.2. The molecule has 6 heteroatoms. The summed E-state index contributed by atoms with van der Waals surface area (Å²) in [7, 11) is 1.82. The van der Waals surface area contributed by atoms with Crippen molar-refractivity contribution in [2.45, 2.75) is 6.92 Å². The van der Waals surface area contributed by atoms with E-state index in [1.165, 1.54) is 0 Å². The van der Waals surface area contributed by atoms with E-state index in [4.69, 9.17) is 18.0 Å². The van der Waals surface area contributed by atoms with Crippen molar-refractivity contribution in [1.29, 1.82) is 0 Å². The summed E-state index contributed by atoms with van der Waals surface area (Å²) in [4.78, 5) is 18.1. The quantitative estimate of drug-likeness (QED) is 0.708. The fourth-order valence-corrected chi connectivity index (χ4v) is 1.88. The van der Waals surface area contributed by atoms with Crippen LogP contribution in [0, 0.1) is 0 Å². The summed E-state index contributed by atoms with van der Waals surface area (Å²) in [6.07, 6.45) is 0. The van der Waals surface area contributed by atoms with Crippen LogP contribution in [-0.2, 0) is 0 Å². The number of hydrogen-bond donors (Lipinski definition) is 1. The fourth-order valence-electron chi connectivity index (χ4n) is 1.69. The van der Waals surface area contributed by atoms with Gasteiger partial charge in [0, 0.05) is 46.3 Å². The van der Waals surface area contributed by atoms with Crippen LogP contribution in [0.2, 0.25) is 0 Å². The zero-order chi connectivity index (χ0) is 12.1. The predicted molar refractivity (Wildman–Crippen MR) is 68.5 cm³/mol. The summed E-state index contributed by atoms with van der Waals surface area (Å²) in [5.41, 5.74) is 5.49. The first kappa shape index (κ1) is 13.2. The molecule has 1 heterocycles. The molecular formula is C10H20N4OS. The van der Waals surface area contributed by atoms with Crippen molar-refractivity contribution in [3.8, 4) is 0 Å². The van der Waals surface area contributed by atoms with E-state index in [0.717, 1.165) is 32.7 Å². The van der Waals surface area contributed by atoms with Gasteiger partial charge in [-0.25, -0.2) is 4.79 Å². The standard InChI is InChI=1S/C10H20N4OS/c1-3-12(2)10(15)14-6-4-13(5-7-14)8-9(11)16/h3-8H2,1-2H3,(H2,11,16). The molecule has 0 radical (unpaired) electrons. The Morgan fingerprint density at radius 2 is 1.94 bits per heavy atom. The molecule has 0 saturated carbocycles. The second-order valence-corrected chi connectivity index (χ2v) is 4.55. The predicted octanol–water partition coefficient (Wildman–Crippen LogP) is -0.0382. The van der Waals surface area contributed by atoms with E-state index < -0.39 is 0 Å². The second-order valence-electron chi connectivity index (χ2n) is 4.03. The fraction of sp³-hybridized carbons (Fsp3) is 0.800. The minimum Gasteiger partial charge on any atom is -0.392 e. The Labute approximate surface area is 102 Å². The van der Waals surface area contributed by atoms with Crippen LogP contribution in [-0.4, -0.2) is 72.0 Å². The lowest BCUT2D eigenvalue weighted by Gasteiger charge is -2.36. The van der Waals surface area contributed by atoms with Crippen LogP contribution in [0.15, 0.2) is 0 Å². The SMILES string of the molecule is CCN(C)C(=O)N1CCN(CC(N)=S)CC1. The van der Waals surface area contributed by atoms with Gasteiger partial charge in [0.2, 0.25) is 0 Å². The Hall–Kier alpha value is -0.880. The number of thiocarbonyl (C=S) groups is 1. The lowest BCUT2D eigenvalue weighted by molar-refractivity contribution is 0.126. The highest BCUT2D eigenvalue weighted by molar-refractivity contribution is 7.80. The molecule has 1 rings (SSSR count). The van der Waals surface area contributed by atoms with E-state index in [1.54, 1.807) is 4.90 Å². The Balaban J connectivity index is 2.37. The highest BCUT2D eigenvalue weighted by Crippen LogP contribution is 2.04. The molecule has 1 fully saturated rings. The first-order valence-corrected chi connectivity index (χ1v) is 5.96. The number of urea groups is 1. The second kappa shape index (κ2) is 6.00. The molecule has 0 bridgehead atoms. The van der Waals surface area contributed by atoms with E-state index in [9.17, 15) is 4.79 Å². The van der Waals surface area contributed by atoms with Crippen LogP contribution in [0.25, 0.3) is 0 Å². The summed E-state index contributed by atoms with van der Waals surface area (Å²) in [6.45, 7) is 6.58. The van der Waals surface area contributed by atoms with Gasteiger partial charge in [-0.2, -0.15) is 0 Å². The Bertz CT molecular complexity index is 264. The van der Waals surface area contributed by atoms with Gasteiger partial charge in [0.1, 0.15) is 0 Å². The topological polar surface area (TPSA) is 52.8 Å². The monoisotopic (exact) mass is 244 g/mol. The first-order valence-electron chi connectivity index (χ1n) is 5.55. The first-order chi connectivity index (χ1) is 7.54. The van der Waals surface area contributed by atoms with Crippen LogP contribution < -0.4 is 5.73 Å². The molecule has 0 aromatic rings. The van der Waals surface area contributed by atoms with Gasteiger partial charge >= 0.3 is 6.03 Å². The van der Waals surface area contributed by atoms with Crippen LogP contribution in [0.1, 0.15) is 6.92 Å². The van der Waals surface area contributed by atoms with E-state index in [1.807, 2.05) is 18.9 Å². The third kappa shape index (κ3) is 3.61. The molecule has 0 aromatic carbocycles. The maximum absolute atomic E-state index is 11.8. The van der Waals surface area contributed by atoms with Crippen LogP contribution in [0.5, 0.6) is 0 Å². The lowest BCUT2D eigenvalue weighted by atomic mass is 10.3. The van der Waals surface area contributed by atoms with Crippen molar-refractivity contribution in [3.63, 3.8) is 0 Å². The van der Waals surface area contributed by atoms with Gasteiger partial charge < -0.3 is 15.5 Å². The number of nitrogens with zero attached hydrogens (tertiary/aromatic N) is 3. The Morgan fingerprint density at radius 1 is 1.38 bits per heavy atom. The summed E-state index contributed by atoms with van der Waals surface area (Å²) >= 11 is 4.87. The van der Waals surface area contributed by atoms with Gasteiger partial charge in [-0.05, 0) is 6.92 Å². The molecule has 1 aliphatic heterocycles. The zero-order valence-electron chi connectivity index (χ0n) is 9.98. The van der Waals surface area contributed by atoms with Gasteiger partial charge in [-0.15, -0.1) is 0 Å². The van der Waals surface area contributed by atoms with Crippen LogP contribution in [0.4, 0.5) is 4.79 Å². The summed E-state index contributed by atoms with van der Waals surface area (Å²) in [5.74, 6) is 0. The van der Waals surface area contributed by atoms with E-state index in [2.05, 4.69) is 4.90 Å². The number of amides is 2. The van der Waals surface area contributed by atoms with Crippen molar-refractivity contribution in [2.75, 3.05) is 46.3 Å². The third-order valence-electron chi connectivity index (χ3n) is 2.82. The maximum Gasteiger partial charge on any atom is 0.319 e. The number of nitrogens with two attached hydrogens (primary N) is 1. The molecule has 1 aliphatic rings. The van der Waals surface area contributed by atoms with Crippen LogP contribution >= 0.6 is 12.2 Å². The van der Waals surface area contributed by atoms with Gasteiger partial charge in [0.25, 0.3) is 0 Å².